The van der Waals surface area contributed by atoms with Crippen LogP contribution in [0.15, 0.2) is 67.4 Å². The molecule has 4 aromatic rings. The van der Waals surface area contributed by atoms with Gasteiger partial charge in [-0.05, 0) is 23.8 Å². The predicted octanol–water partition coefficient (Wildman–Crippen LogP) is 3.29. The van der Waals surface area contributed by atoms with Crippen LogP contribution in [0.2, 0.25) is 0 Å². The lowest BCUT2D eigenvalue weighted by atomic mass is 10.2. The molecular weight excluding hydrogens is 324 g/mol. The van der Waals surface area contributed by atoms with Gasteiger partial charge in [-0.2, -0.15) is 10.2 Å². The van der Waals surface area contributed by atoms with Gasteiger partial charge in [-0.25, -0.2) is 9.97 Å². The van der Waals surface area contributed by atoms with E-state index in [1.165, 1.54) is 5.56 Å². The Labute approximate surface area is 151 Å². The molecular formula is C20H18N6. The molecule has 0 fully saturated rings. The average Bonchev–Trinajstić information content (AvgIpc) is 3.30. The molecule has 128 valence electrons. The molecule has 0 aliphatic carbocycles. The highest BCUT2D eigenvalue weighted by atomic mass is 15.3. The molecule has 0 N–H and O–H groups in total. The molecule has 0 spiro atoms. The number of benzene rings is 1. The van der Waals surface area contributed by atoms with E-state index in [0.29, 0.717) is 5.82 Å². The Hall–Kier alpha value is -3.54. The van der Waals surface area contributed by atoms with Gasteiger partial charge in [0, 0.05) is 36.8 Å². The minimum Gasteiger partial charge on any atom is -0.275 e. The van der Waals surface area contributed by atoms with Crippen molar-refractivity contribution in [2.24, 2.45) is 7.05 Å². The lowest BCUT2D eigenvalue weighted by molar-refractivity contribution is 0.687. The van der Waals surface area contributed by atoms with Crippen LogP contribution in [0.1, 0.15) is 17.0 Å². The fourth-order valence-electron chi connectivity index (χ4n) is 2.66. The monoisotopic (exact) mass is 342 g/mol. The minimum atomic E-state index is 0.655. The van der Waals surface area contributed by atoms with E-state index in [1.54, 1.807) is 17.1 Å². The Morgan fingerprint density at radius 1 is 0.962 bits per heavy atom. The smallest absolute Gasteiger partial charge is 0.152 e. The second kappa shape index (κ2) is 7.14. The zero-order chi connectivity index (χ0) is 17.8. The molecule has 3 heterocycles. The molecule has 4 rings (SSSR count). The number of nitrogens with zero attached hydrogens (tertiary/aromatic N) is 6. The van der Waals surface area contributed by atoms with Gasteiger partial charge in [-0.1, -0.05) is 30.3 Å². The molecule has 0 radical (unpaired) electrons. The topological polar surface area (TPSA) is 61.4 Å². The second-order valence-electron chi connectivity index (χ2n) is 5.99. The summed E-state index contributed by atoms with van der Waals surface area (Å²) in [7, 11) is 1.89. The number of aryl methyl sites for hydroxylation is 1. The van der Waals surface area contributed by atoms with Gasteiger partial charge < -0.3 is 0 Å². The Morgan fingerprint density at radius 3 is 2.65 bits per heavy atom. The molecule has 1 aromatic carbocycles. The zero-order valence-electron chi connectivity index (χ0n) is 14.4. The highest BCUT2D eigenvalue weighted by Gasteiger charge is 2.03. The van der Waals surface area contributed by atoms with Crippen LogP contribution in [0.4, 0.5) is 0 Å². The predicted molar refractivity (Wildman–Crippen MR) is 101 cm³/mol. The van der Waals surface area contributed by atoms with E-state index in [4.69, 9.17) is 0 Å². The molecule has 6 nitrogen and oxygen atoms in total. The molecule has 26 heavy (non-hydrogen) atoms. The maximum absolute atomic E-state index is 4.57. The van der Waals surface area contributed by atoms with Gasteiger partial charge in [-0.15, -0.1) is 0 Å². The number of aromatic nitrogens is 6. The summed E-state index contributed by atoms with van der Waals surface area (Å²) in [6.07, 6.45) is 13.2. The quantitative estimate of drug-likeness (QED) is 0.558. The Morgan fingerprint density at radius 2 is 1.85 bits per heavy atom. The van der Waals surface area contributed by atoms with E-state index < -0.39 is 0 Å². The van der Waals surface area contributed by atoms with Crippen molar-refractivity contribution >= 4 is 12.2 Å². The average molecular weight is 342 g/mol. The zero-order valence-corrected chi connectivity index (χ0v) is 14.4. The SMILES string of the molecule is Cn1cc(-c2ccnc(/C=C/c3cnn(Cc4ccccc4)c3)n2)cn1. The van der Waals surface area contributed by atoms with E-state index in [0.717, 1.165) is 23.4 Å². The highest BCUT2D eigenvalue weighted by Crippen LogP contribution is 2.15. The first kappa shape index (κ1) is 16.0. The van der Waals surface area contributed by atoms with E-state index in [2.05, 4.69) is 32.3 Å². The summed E-state index contributed by atoms with van der Waals surface area (Å²) in [5, 5.41) is 8.59. The number of hydrogen-bond acceptors (Lipinski definition) is 4. The van der Waals surface area contributed by atoms with Crippen LogP contribution in [0.3, 0.4) is 0 Å². The van der Waals surface area contributed by atoms with Gasteiger partial charge in [0.05, 0.1) is 24.6 Å². The Balaban J connectivity index is 1.48. The van der Waals surface area contributed by atoms with E-state index in [9.17, 15) is 0 Å². The summed E-state index contributed by atoms with van der Waals surface area (Å²) < 4.78 is 3.68. The second-order valence-corrected chi connectivity index (χ2v) is 5.99. The lowest BCUT2D eigenvalue weighted by Crippen LogP contribution is -1.99. The first-order chi connectivity index (χ1) is 12.8. The van der Waals surface area contributed by atoms with Crippen molar-refractivity contribution in [2.75, 3.05) is 0 Å². The van der Waals surface area contributed by atoms with Crippen molar-refractivity contribution in [3.05, 3.63) is 84.3 Å². The van der Waals surface area contributed by atoms with Crippen LogP contribution in [0, 0.1) is 0 Å². The van der Waals surface area contributed by atoms with Gasteiger partial charge in [0.25, 0.3) is 0 Å². The molecule has 0 aliphatic rings. The van der Waals surface area contributed by atoms with Crippen molar-refractivity contribution < 1.29 is 0 Å². The summed E-state index contributed by atoms with van der Waals surface area (Å²) in [6, 6.07) is 12.1. The van der Waals surface area contributed by atoms with Crippen molar-refractivity contribution in [3.63, 3.8) is 0 Å². The fraction of sp³-hybridized carbons (Fsp3) is 0.100. The molecule has 0 aliphatic heterocycles. The van der Waals surface area contributed by atoms with E-state index >= 15 is 0 Å². The fourth-order valence-corrected chi connectivity index (χ4v) is 2.66. The third-order valence-corrected chi connectivity index (χ3v) is 3.94. The minimum absolute atomic E-state index is 0.655. The van der Waals surface area contributed by atoms with E-state index in [1.807, 2.05) is 66.7 Å². The largest absolute Gasteiger partial charge is 0.275 e. The maximum atomic E-state index is 4.57. The van der Waals surface area contributed by atoms with Crippen LogP contribution in [-0.4, -0.2) is 29.5 Å². The van der Waals surface area contributed by atoms with Gasteiger partial charge in [-0.3, -0.25) is 9.36 Å². The van der Waals surface area contributed by atoms with Crippen LogP contribution < -0.4 is 0 Å². The molecule has 0 unspecified atom stereocenters. The first-order valence-electron chi connectivity index (χ1n) is 8.33. The number of hydrogen-bond donors (Lipinski definition) is 0. The van der Waals surface area contributed by atoms with Crippen LogP contribution in [-0.2, 0) is 13.6 Å². The van der Waals surface area contributed by atoms with Gasteiger partial charge in [0.15, 0.2) is 5.82 Å². The van der Waals surface area contributed by atoms with Crippen molar-refractivity contribution in [2.45, 2.75) is 6.54 Å². The number of rotatable bonds is 5. The first-order valence-corrected chi connectivity index (χ1v) is 8.33. The molecule has 0 bridgehead atoms. The maximum Gasteiger partial charge on any atom is 0.152 e. The Kier molecular flexibility index (Phi) is 4.38. The van der Waals surface area contributed by atoms with Crippen molar-refractivity contribution in [3.8, 4) is 11.3 Å². The highest BCUT2D eigenvalue weighted by molar-refractivity contribution is 5.67. The van der Waals surface area contributed by atoms with E-state index in [-0.39, 0.29) is 0 Å². The van der Waals surface area contributed by atoms with Gasteiger partial charge in [0.1, 0.15) is 0 Å². The lowest BCUT2D eigenvalue weighted by Gasteiger charge is -2.00. The van der Waals surface area contributed by atoms with Gasteiger partial charge >= 0.3 is 0 Å². The summed E-state index contributed by atoms with van der Waals surface area (Å²) in [5.74, 6) is 0.655. The van der Waals surface area contributed by atoms with Crippen molar-refractivity contribution in [1.82, 2.24) is 29.5 Å². The summed E-state index contributed by atoms with van der Waals surface area (Å²) in [5.41, 5.74) is 4.06. The molecule has 3 aromatic heterocycles. The third-order valence-electron chi connectivity index (χ3n) is 3.94. The van der Waals surface area contributed by atoms with Crippen molar-refractivity contribution in [1.29, 1.82) is 0 Å². The Bertz CT molecular complexity index is 1030. The molecule has 0 amide bonds. The summed E-state index contributed by atoms with van der Waals surface area (Å²) in [4.78, 5) is 8.88. The normalized spacial score (nSPS) is 11.3. The standard InChI is InChI=1S/C20H18N6/c1-25-15-18(12-22-25)19-9-10-21-20(24-19)8-7-17-11-23-26(14-17)13-16-5-3-2-4-6-16/h2-12,14-15H,13H2,1H3/b8-7+. The van der Waals surface area contributed by atoms with Gasteiger partial charge in [0.2, 0.25) is 0 Å². The van der Waals surface area contributed by atoms with Crippen LogP contribution in [0.5, 0.6) is 0 Å². The molecule has 0 saturated heterocycles. The van der Waals surface area contributed by atoms with Crippen LogP contribution >= 0.6 is 0 Å². The third kappa shape index (κ3) is 3.75. The summed E-state index contributed by atoms with van der Waals surface area (Å²) >= 11 is 0. The van der Waals surface area contributed by atoms with Crippen LogP contribution in [0.25, 0.3) is 23.4 Å². The molecule has 0 atom stereocenters. The molecule has 0 saturated carbocycles. The molecule has 6 heteroatoms. The summed E-state index contributed by atoms with van der Waals surface area (Å²) in [6.45, 7) is 0.752.